The number of carboxylic acid groups (broad SMARTS) is 1. The van der Waals surface area contributed by atoms with Crippen LogP contribution in [0.4, 0.5) is 5.69 Å². The van der Waals surface area contributed by atoms with Crippen molar-refractivity contribution in [3.05, 3.63) is 30.3 Å². The maximum Gasteiger partial charge on any atom is 0.313 e. The van der Waals surface area contributed by atoms with E-state index in [9.17, 15) is 9.59 Å². The molecule has 1 aliphatic rings. The highest BCUT2D eigenvalue weighted by molar-refractivity contribution is 8.00. The molecule has 1 aromatic carbocycles. The van der Waals surface area contributed by atoms with Gasteiger partial charge in [0.15, 0.2) is 0 Å². The molecular formula is C15H20N2O3S. The number of carboxylic acids is 1. The van der Waals surface area contributed by atoms with Crippen LogP contribution in [0.25, 0.3) is 0 Å². The molecule has 0 aliphatic carbocycles. The smallest absolute Gasteiger partial charge is 0.313 e. The molecule has 6 heteroatoms. The zero-order valence-corrected chi connectivity index (χ0v) is 12.6. The number of piperidine rings is 1. The first-order valence-corrected chi connectivity index (χ1v) is 8.19. The molecule has 1 aliphatic heterocycles. The van der Waals surface area contributed by atoms with Crippen LogP contribution < -0.4 is 5.32 Å². The first-order chi connectivity index (χ1) is 10.1. The summed E-state index contributed by atoms with van der Waals surface area (Å²) < 4.78 is 0. The molecule has 1 aromatic rings. The van der Waals surface area contributed by atoms with Crippen LogP contribution in [0.2, 0.25) is 0 Å². The Balaban J connectivity index is 1.80. The van der Waals surface area contributed by atoms with Crippen molar-refractivity contribution in [1.29, 1.82) is 0 Å². The number of likely N-dealkylation sites (tertiary alicyclic amines) is 1. The number of carbonyl (C=O) groups is 2. The minimum atomic E-state index is -0.880. The van der Waals surface area contributed by atoms with E-state index in [0.29, 0.717) is 6.54 Å². The summed E-state index contributed by atoms with van der Waals surface area (Å²) in [6.07, 6.45) is 2.01. The van der Waals surface area contributed by atoms with E-state index in [1.54, 1.807) is 0 Å². The Labute approximate surface area is 128 Å². The van der Waals surface area contributed by atoms with E-state index in [0.717, 1.165) is 36.8 Å². The van der Waals surface area contributed by atoms with Crippen LogP contribution in [0, 0.1) is 0 Å². The van der Waals surface area contributed by atoms with Gasteiger partial charge in [-0.05, 0) is 25.0 Å². The molecular weight excluding hydrogens is 288 g/mol. The summed E-state index contributed by atoms with van der Waals surface area (Å²) in [5.41, 5.74) is 1.07. The molecule has 1 heterocycles. The molecule has 1 atom stereocenters. The molecule has 2 rings (SSSR count). The first kappa shape index (κ1) is 15.7. The molecule has 21 heavy (non-hydrogen) atoms. The van der Waals surface area contributed by atoms with E-state index in [4.69, 9.17) is 5.11 Å². The molecule has 114 valence electrons. The fourth-order valence-corrected chi connectivity index (χ4v) is 3.04. The molecule has 0 aromatic heterocycles. The van der Waals surface area contributed by atoms with Gasteiger partial charge in [0.1, 0.15) is 0 Å². The van der Waals surface area contributed by atoms with Gasteiger partial charge < -0.3 is 15.3 Å². The monoisotopic (exact) mass is 308 g/mol. The zero-order valence-electron chi connectivity index (χ0n) is 11.8. The Morgan fingerprint density at radius 3 is 2.76 bits per heavy atom. The van der Waals surface area contributed by atoms with Gasteiger partial charge in [0.25, 0.3) is 0 Å². The van der Waals surface area contributed by atoms with Gasteiger partial charge in [0, 0.05) is 24.8 Å². The van der Waals surface area contributed by atoms with Crippen molar-refractivity contribution in [1.82, 2.24) is 4.90 Å². The fourth-order valence-electron chi connectivity index (χ4n) is 2.41. The Morgan fingerprint density at radius 2 is 2.05 bits per heavy atom. The zero-order chi connectivity index (χ0) is 15.1. The van der Waals surface area contributed by atoms with Crippen molar-refractivity contribution in [2.45, 2.75) is 18.9 Å². The van der Waals surface area contributed by atoms with Crippen LogP contribution in [0.1, 0.15) is 12.8 Å². The predicted molar refractivity (Wildman–Crippen MR) is 84.6 cm³/mol. The summed E-state index contributed by atoms with van der Waals surface area (Å²) in [6.45, 7) is 1.45. The van der Waals surface area contributed by atoms with E-state index in [1.165, 1.54) is 0 Å². The summed E-state index contributed by atoms with van der Waals surface area (Å²) >= 11 is 1.16. The Bertz CT molecular complexity index is 481. The second-order valence-electron chi connectivity index (χ2n) is 5.08. The Morgan fingerprint density at radius 1 is 1.29 bits per heavy atom. The third kappa shape index (κ3) is 5.30. The fraction of sp³-hybridized carbons (Fsp3) is 0.467. The Hall–Kier alpha value is -1.69. The van der Waals surface area contributed by atoms with Gasteiger partial charge in [-0.15, -0.1) is 11.8 Å². The second kappa shape index (κ2) is 7.93. The average molecular weight is 308 g/mol. The lowest BCUT2D eigenvalue weighted by molar-refractivity contribution is -0.133. The summed E-state index contributed by atoms with van der Waals surface area (Å²) in [6, 6.07) is 10.2. The molecule has 1 unspecified atom stereocenters. The van der Waals surface area contributed by atoms with Crippen molar-refractivity contribution in [2.75, 3.05) is 29.9 Å². The molecule has 1 saturated heterocycles. The minimum Gasteiger partial charge on any atom is -0.481 e. The Kier molecular flexibility index (Phi) is 5.92. The first-order valence-electron chi connectivity index (χ1n) is 7.04. The van der Waals surface area contributed by atoms with Crippen LogP contribution in [0.15, 0.2) is 30.3 Å². The summed E-state index contributed by atoms with van der Waals surface area (Å²) in [5, 5.41) is 12.0. The summed E-state index contributed by atoms with van der Waals surface area (Å²) in [4.78, 5) is 24.4. The number of carbonyl (C=O) groups excluding carboxylic acids is 1. The number of nitrogens with zero attached hydrogens (tertiary/aromatic N) is 1. The number of rotatable bonds is 6. The maximum absolute atomic E-state index is 12.1. The lowest BCUT2D eigenvalue weighted by Gasteiger charge is -2.33. The standard InChI is InChI=1S/C15H20N2O3S/c18-14(10-21-11-15(19)20)17-8-4-7-13(9-17)16-12-5-2-1-3-6-12/h1-3,5-6,13,16H,4,7-11H2,(H,19,20). The lowest BCUT2D eigenvalue weighted by atomic mass is 10.1. The number of para-hydroxylation sites is 1. The molecule has 1 fully saturated rings. The van der Waals surface area contributed by atoms with Crippen LogP contribution in [-0.4, -0.2) is 52.5 Å². The summed E-state index contributed by atoms with van der Waals surface area (Å²) in [5.74, 6) is -0.633. The molecule has 2 N–H and O–H groups in total. The van der Waals surface area contributed by atoms with Gasteiger partial charge in [-0.25, -0.2) is 0 Å². The van der Waals surface area contributed by atoms with E-state index in [-0.39, 0.29) is 23.5 Å². The van der Waals surface area contributed by atoms with Crippen molar-refractivity contribution >= 4 is 29.3 Å². The topological polar surface area (TPSA) is 69.6 Å². The van der Waals surface area contributed by atoms with Crippen molar-refractivity contribution < 1.29 is 14.7 Å². The molecule has 0 saturated carbocycles. The van der Waals surface area contributed by atoms with Gasteiger partial charge in [-0.3, -0.25) is 9.59 Å². The average Bonchev–Trinajstić information content (AvgIpc) is 2.48. The third-order valence-electron chi connectivity index (χ3n) is 3.37. The SMILES string of the molecule is O=C(O)CSCC(=O)N1CCCC(Nc2ccccc2)C1. The number of benzene rings is 1. The maximum atomic E-state index is 12.1. The van der Waals surface area contributed by atoms with Crippen LogP contribution in [0.3, 0.4) is 0 Å². The van der Waals surface area contributed by atoms with E-state index in [2.05, 4.69) is 5.32 Å². The molecule has 0 radical (unpaired) electrons. The predicted octanol–water partition coefficient (Wildman–Crippen LogP) is 1.91. The molecule has 5 nitrogen and oxygen atoms in total. The van der Waals surface area contributed by atoms with Gasteiger partial charge >= 0.3 is 5.97 Å². The van der Waals surface area contributed by atoms with Gasteiger partial charge in [0.05, 0.1) is 11.5 Å². The van der Waals surface area contributed by atoms with E-state index in [1.807, 2.05) is 35.2 Å². The number of hydrogen-bond donors (Lipinski definition) is 2. The van der Waals surface area contributed by atoms with E-state index >= 15 is 0 Å². The second-order valence-corrected chi connectivity index (χ2v) is 6.06. The number of nitrogens with one attached hydrogen (secondary N) is 1. The number of anilines is 1. The van der Waals surface area contributed by atoms with E-state index < -0.39 is 5.97 Å². The lowest BCUT2D eigenvalue weighted by Crippen LogP contribution is -2.45. The highest BCUT2D eigenvalue weighted by atomic mass is 32.2. The van der Waals surface area contributed by atoms with Crippen LogP contribution in [0.5, 0.6) is 0 Å². The molecule has 0 spiro atoms. The van der Waals surface area contributed by atoms with Gasteiger partial charge in [0.2, 0.25) is 5.91 Å². The highest BCUT2D eigenvalue weighted by Gasteiger charge is 2.23. The number of thioether (sulfide) groups is 1. The van der Waals surface area contributed by atoms with Crippen molar-refractivity contribution in [3.8, 4) is 0 Å². The molecule has 1 amide bonds. The van der Waals surface area contributed by atoms with Gasteiger partial charge in [-0.1, -0.05) is 18.2 Å². The van der Waals surface area contributed by atoms with Crippen molar-refractivity contribution in [3.63, 3.8) is 0 Å². The van der Waals surface area contributed by atoms with Crippen LogP contribution >= 0.6 is 11.8 Å². The minimum absolute atomic E-state index is 0.0225. The largest absolute Gasteiger partial charge is 0.481 e. The number of hydrogen-bond acceptors (Lipinski definition) is 4. The van der Waals surface area contributed by atoms with Crippen molar-refractivity contribution in [2.24, 2.45) is 0 Å². The number of aliphatic carboxylic acids is 1. The quantitative estimate of drug-likeness (QED) is 0.840. The third-order valence-corrected chi connectivity index (χ3v) is 4.27. The van der Waals surface area contributed by atoms with Crippen LogP contribution in [-0.2, 0) is 9.59 Å². The number of amides is 1. The summed E-state index contributed by atoms with van der Waals surface area (Å²) in [7, 11) is 0. The van der Waals surface area contributed by atoms with Gasteiger partial charge in [-0.2, -0.15) is 0 Å². The highest BCUT2D eigenvalue weighted by Crippen LogP contribution is 2.17. The normalized spacial score (nSPS) is 18.3. The molecule has 0 bridgehead atoms.